The number of nitrogens with zero attached hydrogens (tertiary/aromatic N) is 1. The summed E-state index contributed by atoms with van der Waals surface area (Å²) in [4.78, 5) is 13.0. The molecule has 1 amide bonds. The van der Waals surface area contributed by atoms with Gasteiger partial charge in [0.2, 0.25) is 0 Å². The summed E-state index contributed by atoms with van der Waals surface area (Å²) in [5.74, 6) is -0.535. The summed E-state index contributed by atoms with van der Waals surface area (Å²) < 4.78 is 26.5. The number of carbonyl (C=O) groups excluding carboxylic acids is 1. The first-order valence-electron chi connectivity index (χ1n) is 4.85. The van der Waals surface area contributed by atoms with Gasteiger partial charge in [0.25, 0.3) is 5.91 Å². The van der Waals surface area contributed by atoms with Crippen LogP contribution in [0.1, 0.15) is 6.92 Å². The first-order chi connectivity index (χ1) is 7.67. The molecule has 0 unspecified atom stereocenters. The average Bonchev–Trinajstić information content (AvgIpc) is 2.27. The van der Waals surface area contributed by atoms with Gasteiger partial charge in [-0.1, -0.05) is 0 Å². The van der Waals surface area contributed by atoms with Crippen LogP contribution in [0.5, 0.6) is 0 Å². The molecule has 0 spiro atoms. The molecule has 0 fully saturated rings. The number of ether oxygens (including phenoxy) is 1. The fourth-order valence-corrected chi connectivity index (χ4v) is 2.77. The van der Waals surface area contributed by atoms with Crippen molar-refractivity contribution < 1.29 is 28.3 Å². The Hall–Kier alpha value is -0.460. The molecule has 0 saturated heterocycles. The molecule has 0 bridgehead atoms. The molecule has 0 aliphatic carbocycles. The number of hydrogen-bond acceptors (Lipinski definition) is 6. The summed E-state index contributed by atoms with van der Waals surface area (Å²) in [6.07, 6.45) is -1.34. The van der Waals surface area contributed by atoms with Gasteiger partial charge in [0, 0.05) is 35.4 Å². The van der Waals surface area contributed by atoms with Gasteiger partial charge in [0.1, 0.15) is 0 Å². The third-order valence-electron chi connectivity index (χ3n) is 2.43. The Morgan fingerprint density at radius 1 is 1.29 bits per heavy atom. The maximum absolute atomic E-state index is 12.2. The standard InChI is InChI=1S/C9H20NO6P/c1-9(12,17(13,15-5)16-6)7(14-4)8(11)10(2)3/h7,12H,1-6H3/t7-,9+/m1/s1. The van der Waals surface area contributed by atoms with Crippen LogP contribution in [0, 0.1) is 0 Å². The number of aliphatic hydroxyl groups is 1. The van der Waals surface area contributed by atoms with Crippen molar-refractivity contribution in [2.45, 2.75) is 18.4 Å². The second-order valence-electron chi connectivity index (χ2n) is 3.81. The summed E-state index contributed by atoms with van der Waals surface area (Å²) in [7, 11) is 2.62. The van der Waals surface area contributed by atoms with E-state index in [4.69, 9.17) is 13.8 Å². The third kappa shape index (κ3) is 3.05. The van der Waals surface area contributed by atoms with Crippen LogP contribution in [0.25, 0.3) is 0 Å². The molecule has 2 atom stereocenters. The number of likely N-dealkylation sites (N-methyl/N-ethyl adjacent to an activating group) is 1. The van der Waals surface area contributed by atoms with E-state index in [1.54, 1.807) is 0 Å². The van der Waals surface area contributed by atoms with Gasteiger partial charge in [0.05, 0.1) is 0 Å². The molecule has 0 aliphatic rings. The summed E-state index contributed by atoms with van der Waals surface area (Å²) >= 11 is 0. The Bertz CT molecular complexity index is 309. The van der Waals surface area contributed by atoms with Crippen LogP contribution >= 0.6 is 7.60 Å². The molecule has 0 aromatic heterocycles. The summed E-state index contributed by atoms with van der Waals surface area (Å²) in [6.45, 7) is 1.18. The van der Waals surface area contributed by atoms with E-state index in [1.807, 2.05) is 0 Å². The molecule has 0 aromatic rings. The number of rotatable bonds is 6. The van der Waals surface area contributed by atoms with Gasteiger partial charge in [-0.15, -0.1) is 0 Å². The van der Waals surface area contributed by atoms with Crippen molar-refractivity contribution in [1.82, 2.24) is 4.90 Å². The molecule has 0 heterocycles. The first-order valence-corrected chi connectivity index (χ1v) is 6.40. The van der Waals surface area contributed by atoms with Gasteiger partial charge in [-0.05, 0) is 6.92 Å². The zero-order valence-corrected chi connectivity index (χ0v) is 11.9. The Balaban J connectivity index is 5.39. The predicted octanol–water partition coefficient (Wildman–Crippen LogP) is 0.284. The van der Waals surface area contributed by atoms with E-state index in [1.165, 1.54) is 33.0 Å². The van der Waals surface area contributed by atoms with Gasteiger partial charge < -0.3 is 23.8 Å². The molecule has 8 heteroatoms. The molecule has 0 saturated carbocycles. The fraction of sp³-hybridized carbons (Fsp3) is 0.889. The molecule has 0 aromatic carbocycles. The van der Waals surface area contributed by atoms with E-state index < -0.39 is 24.9 Å². The van der Waals surface area contributed by atoms with Crippen LogP contribution in [-0.2, 0) is 23.1 Å². The van der Waals surface area contributed by atoms with Crippen molar-refractivity contribution in [2.75, 3.05) is 35.4 Å². The Kier molecular flexibility index (Phi) is 5.77. The lowest BCUT2D eigenvalue weighted by molar-refractivity contribution is -0.149. The average molecular weight is 269 g/mol. The molecule has 0 rings (SSSR count). The molecule has 0 aliphatic heterocycles. The maximum atomic E-state index is 12.2. The van der Waals surface area contributed by atoms with E-state index >= 15 is 0 Å². The van der Waals surface area contributed by atoms with Gasteiger partial charge >= 0.3 is 7.60 Å². The van der Waals surface area contributed by atoms with E-state index in [0.29, 0.717) is 0 Å². The minimum absolute atomic E-state index is 0.535. The Morgan fingerprint density at radius 2 is 1.71 bits per heavy atom. The van der Waals surface area contributed by atoms with Crippen LogP contribution in [0.2, 0.25) is 0 Å². The van der Waals surface area contributed by atoms with Crippen molar-refractivity contribution in [3.63, 3.8) is 0 Å². The van der Waals surface area contributed by atoms with Crippen LogP contribution < -0.4 is 0 Å². The Morgan fingerprint density at radius 3 is 1.94 bits per heavy atom. The molecule has 17 heavy (non-hydrogen) atoms. The Labute approximate surface area is 101 Å². The van der Waals surface area contributed by atoms with Crippen LogP contribution in [-0.4, -0.2) is 62.8 Å². The highest BCUT2D eigenvalue weighted by Crippen LogP contribution is 2.59. The van der Waals surface area contributed by atoms with Gasteiger partial charge in [-0.25, -0.2) is 0 Å². The normalized spacial score (nSPS) is 17.4. The number of hydrogen-bond donors (Lipinski definition) is 1. The van der Waals surface area contributed by atoms with Crippen molar-refractivity contribution in [2.24, 2.45) is 0 Å². The first kappa shape index (κ1) is 16.5. The monoisotopic (exact) mass is 269 g/mol. The van der Waals surface area contributed by atoms with Crippen LogP contribution in [0.3, 0.4) is 0 Å². The molecule has 0 radical (unpaired) electrons. The lowest BCUT2D eigenvalue weighted by atomic mass is 10.2. The lowest BCUT2D eigenvalue weighted by Gasteiger charge is -2.35. The van der Waals surface area contributed by atoms with E-state index in [0.717, 1.165) is 14.2 Å². The number of methoxy groups -OCH3 is 1. The third-order valence-corrected chi connectivity index (χ3v) is 4.74. The fourth-order valence-electron chi connectivity index (χ4n) is 1.38. The second kappa shape index (κ2) is 5.93. The van der Waals surface area contributed by atoms with Crippen LogP contribution in [0.15, 0.2) is 0 Å². The summed E-state index contributed by atoms with van der Waals surface area (Å²) in [5.41, 5.74) is 0. The van der Waals surface area contributed by atoms with E-state index in [2.05, 4.69) is 0 Å². The summed E-state index contributed by atoms with van der Waals surface area (Å²) in [5, 5.41) is 8.15. The number of carbonyl (C=O) groups is 1. The highest BCUT2D eigenvalue weighted by atomic mass is 31.2. The molecule has 102 valence electrons. The molecule has 7 nitrogen and oxygen atoms in total. The maximum Gasteiger partial charge on any atom is 0.364 e. The van der Waals surface area contributed by atoms with E-state index in [9.17, 15) is 14.5 Å². The SMILES string of the molecule is CO[C@H](C(=O)N(C)C)[C@@](C)(O)P(=O)(OC)OC. The number of amides is 1. The second-order valence-corrected chi connectivity index (χ2v) is 6.44. The predicted molar refractivity (Wildman–Crippen MR) is 61.7 cm³/mol. The molecule has 1 N–H and O–H groups in total. The van der Waals surface area contributed by atoms with Crippen molar-refractivity contribution in [3.8, 4) is 0 Å². The smallest absolute Gasteiger partial charge is 0.364 e. The highest BCUT2D eigenvalue weighted by molar-refractivity contribution is 7.55. The largest absolute Gasteiger partial charge is 0.375 e. The lowest BCUT2D eigenvalue weighted by Crippen LogP contribution is -2.50. The van der Waals surface area contributed by atoms with Gasteiger partial charge in [0.15, 0.2) is 11.4 Å². The quantitative estimate of drug-likeness (QED) is 0.697. The highest BCUT2D eigenvalue weighted by Gasteiger charge is 2.54. The van der Waals surface area contributed by atoms with Crippen LogP contribution in [0.4, 0.5) is 0 Å². The van der Waals surface area contributed by atoms with Crippen molar-refractivity contribution >= 4 is 13.5 Å². The minimum Gasteiger partial charge on any atom is -0.375 e. The zero-order valence-electron chi connectivity index (χ0n) is 11.0. The molecular weight excluding hydrogens is 249 g/mol. The van der Waals surface area contributed by atoms with Gasteiger partial charge in [-0.2, -0.15) is 0 Å². The topological polar surface area (TPSA) is 85.3 Å². The van der Waals surface area contributed by atoms with Crippen molar-refractivity contribution in [3.05, 3.63) is 0 Å². The molecular formula is C9H20NO6P. The zero-order chi connectivity index (χ0) is 13.9. The summed E-state index contributed by atoms with van der Waals surface area (Å²) in [6, 6.07) is 0. The van der Waals surface area contributed by atoms with Gasteiger partial charge in [-0.3, -0.25) is 9.36 Å². The minimum atomic E-state index is -3.87. The van der Waals surface area contributed by atoms with Crippen molar-refractivity contribution in [1.29, 1.82) is 0 Å². The van der Waals surface area contributed by atoms with E-state index in [-0.39, 0.29) is 0 Å².